The highest BCUT2D eigenvalue weighted by Gasteiger charge is 2.16. The molecule has 0 heterocycles. The average molecular weight is 390 g/mol. The Hall–Kier alpha value is -1.85. The number of halogens is 1. The zero-order valence-electron chi connectivity index (χ0n) is 12.6. The molecule has 3 aromatic rings. The van der Waals surface area contributed by atoms with Gasteiger partial charge in [-0.25, -0.2) is 8.42 Å². The fourth-order valence-electron chi connectivity index (χ4n) is 2.49. The van der Waals surface area contributed by atoms with Crippen LogP contribution in [0.3, 0.4) is 0 Å². The van der Waals surface area contributed by atoms with Gasteiger partial charge in [0.05, 0.1) is 10.6 Å². The van der Waals surface area contributed by atoms with E-state index in [-0.39, 0.29) is 4.90 Å². The monoisotopic (exact) mass is 389 g/mol. The third-order valence-electron chi connectivity index (χ3n) is 3.72. The number of aryl methyl sites for hydroxylation is 1. The van der Waals surface area contributed by atoms with Crippen molar-refractivity contribution in [3.8, 4) is 0 Å². The third-order valence-corrected chi connectivity index (χ3v) is 5.58. The summed E-state index contributed by atoms with van der Waals surface area (Å²) in [6, 6.07) is 18.4. The molecular weight excluding hydrogens is 374 g/mol. The molecule has 5 heteroatoms. The summed E-state index contributed by atoms with van der Waals surface area (Å²) in [5, 5.41) is 1.92. The van der Waals surface area contributed by atoms with E-state index in [1.807, 2.05) is 49.4 Å². The number of sulfonamides is 1. The molecule has 0 unspecified atom stereocenters. The van der Waals surface area contributed by atoms with E-state index in [9.17, 15) is 8.42 Å². The van der Waals surface area contributed by atoms with Crippen molar-refractivity contribution in [1.29, 1.82) is 0 Å². The van der Waals surface area contributed by atoms with Gasteiger partial charge in [-0.15, -0.1) is 0 Å². The topological polar surface area (TPSA) is 46.2 Å². The number of fused-ring (bicyclic) bond motifs is 1. The van der Waals surface area contributed by atoms with E-state index in [0.29, 0.717) is 5.69 Å². The molecule has 3 rings (SSSR count). The van der Waals surface area contributed by atoms with E-state index in [1.165, 1.54) is 0 Å². The Morgan fingerprint density at radius 2 is 1.70 bits per heavy atom. The summed E-state index contributed by atoms with van der Waals surface area (Å²) in [5.74, 6) is 0. The molecule has 0 saturated heterocycles. The maximum Gasteiger partial charge on any atom is 0.261 e. The summed E-state index contributed by atoms with van der Waals surface area (Å²) < 4.78 is 29.0. The first-order valence-corrected chi connectivity index (χ1v) is 9.57. The molecule has 0 fully saturated rings. The summed E-state index contributed by atoms with van der Waals surface area (Å²) in [5.41, 5.74) is 1.56. The van der Waals surface area contributed by atoms with Gasteiger partial charge in [0.2, 0.25) is 0 Å². The summed E-state index contributed by atoms with van der Waals surface area (Å²) in [4.78, 5) is 0.265. The van der Waals surface area contributed by atoms with Gasteiger partial charge >= 0.3 is 0 Å². The standard InChI is InChI=1S/C18H16BrNO2S/c1-2-13-11-16(19)8-10-18(13)20-23(21,22)17-9-7-14-5-3-4-6-15(14)12-17/h3-12,20H,2H2,1H3. The summed E-state index contributed by atoms with van der Waals surface area (Å²) in [6.45, 7) is 2.00. The molecule has 0 atom stereocenters. The van der Waals surface area contributed by atoms with Crippen LogP contribution in [0.1, 0.15) is 12.5 Å². The smallest absolute Gasteiger partial charge is 0.261 e. The normalized spacial score (nSPS) is 11.6. The van der Waals surface area contributed by atoms with Crippen LogP contribution in [-0.2, 0) is 16.4 Å². The quantitative estimate of drug-likeness (QED) is 0.684. The zero-order chi connectivity index (χ0) is 16.4. The first kappa shape index (κ1) is 16.0. The van der Waals surface area contributed by atoms with Gasteiger partial charge in [-0.05, 0) is 53.1 Å². The summed E-state index contributed by atoms with van der Waals surface area (Å²) in [7, 11) is -3.62. The molecule has 118 valence electrons. The minimum absolute atomic E-state index is 0.265. The van der Waals surface area contributed by atoms with E-state index in [1.54, 1.807) is 18.2 Å². The van der Waals surface area contributed by atoms with Crippen molar-refractivity contribution >= 4 is 42.4 Å². The van der Waals surface area contributed by atoms with Gasteiger partial charge in [-0.2, -0.15) is 0 Å². The summed E-state index contributed by atoms with van der Waals surface area (Å²) in [6.07, 6.45) is 0.745. The molecule has 0 aliphatic heterocycles. The van der Waals surface area contributed by atoms with Crippen molar-refractivity contribution in [2.45, 2.75) is 18.2 Å². The molecule has 0 bridgehead atoms. The highest BCUT2D eigenvalue weighted by Crippen LogP contribution is 2.25. The van der Waals surface area contributed by atoms with Crippen molar-refractivity contribution in [2.75, 3.05) is 4.72 Å². The lowest BCUT2D eigenvalue weighted by atomic mass is 10.1. The molecular formula is C18H16BrNO2S. The molecule has 0 aromatic heterocycles. The fraction of sp³-hybridized carbons (Fsp3) is 0.111. The number of nitrogens with one attached hydrogen (secondary N) is 1. The predicted molar refractivity (Wildman–Crippen MR) is 98.3 cm³/mol. The minimum atomic E-state index is -3.62. The first-order chi connectivity index (χ1) is 11.0. The van der Waals surface area contributed by atoms with E-state index in [0.717, 1.165) is 27.2 Å². The van der Waals surface area contributed by atoms with Crippen molar-refractivity contribution in [2.24, 2.45) is 0 Å². The predicted octanol–water partition coefficient (Wildman–Crippen LogP) is 4.97. The van der Waals surface area contributed by atoms with Gasteiger partial charge in [0.25, 0.3) is 10.0 Å². The molecule has 0 aliphatic rings. The molecule has 0 spiro atoms. The second-order valence-corrected chi connectivity index (χ2v) is 7.87. The van der Waals surface area contributed by atoms with Gasteiger partial charge in [0.1, 0.15) is 0 Å². The van der Waals surface area contributed by atoms with Crippen molar-refractivity contribution in [3.63, 3.8) is 0 Å². The van der Waals surface area contributed by atoms with Gasteiger partial charge in [-0.3, -0.25) is 4.72 Å². The van der Waals surface area contributed by atoms with Gasteiger partial charge in [0.15, 0.2) is 0 Å². The molecule has 3 nitrogen and oxygen atoms in total. The molecule has 0 amide bonds. The van der Waals surface area contributed by atoms with Crippen LogP contribution >= 0.6 is 15.9 Å². The van der Waals surface area contributed by atoms with Crippen LogP contribution in [0.2, 0.25) is 0 Å². The van der Waals surface area contributed by atoms with Crippen LogP contribution in [0.4, 0.5) is 5.69 Å². The zero-order valence-corrected chi connectivity index (χ0v) is 15.0. The fourth-order valence-corrected chi connectivity index (χ4v) is 4.04. The maximum atomic E-state index is 12.7. The number of anilines is 1. The molecule has 0 saturated carbocycles. The Bertz CT molecular complexity index is 968. The first-order valence-electron chi connectivity index (χ1n) is 7.29. The summed E-state index contributed by atoms with van der Waals surface area (Å²) >= 11 is 3.41. The Morgan fingerprint density at radius 1 is 0.957 bits per heavy atom. The van der Waals surface area contributed by atoms with E-state index < -0.39 is 10.0 Å². The SMILES string of the molecule is CCc1cc(Br)ccc1NS(=O)(=O)c1ccc2ccccc2c1. The van der Waals surface area contributed by atoms with Crippen LogP contribution < -0.4 is 4.72 Å². The second kappa shape index (κ2) is 6.34. The van der Waals surface area contributed by atoms with Crippen LogP contribution in [0.25, 0.3) is 10.8 Å². The number of benzene rings is 3. The highest BCUT2D eigenvalue weighted by molar-refractivity contribution is 9.10. The molecule has 0 aliphatic carbocycles. The van der Waals surface area contributed by atoms with E-state index in [4.69, 9.17) is 0 Å². The van der Waals surface area contributed by atoms with E-state index >= 15 is 0 Å². The molecule has 23 heavy (non-hydrogen) atoms. The van der Waals surface area contributed by atoms with Crippen molar-refractivity contribution in [3.05, 3.63) is 70.7 Å². The minimum Gasteiger partial charge on any atom is -0.279 e. The van der Waals surface area contributed by atoms with Gasteiger partial charge in [-0.1, -0.05) is 53.2 Å². The molecule has 3 aromatic carbocycles. The van der Waals surface area contributed by atoms with Crippen LogP contribution in [0, 0.1) is 0 Å². The van der Waals surface area contributed by atoms with Crippen molar-refractivity contribution < 1.29 is 8.42 Å². The Labute approximate surface area is 144 Å². The lowest BCUT2D eigenvalue weighted by Gasteiger charge is -2.12. The van der Waals surface area contributed by atoms with Crippen LogP contribution in [-0.4, -0.2) is 8.42 Å². The van der Waals surface area contributed by atoms with Crippen LogP contribution in [0.5, 0.6) is 0 Å². The third kappa shape index (κ3) is 3.41. The number of hydrogen-bond acceptors (Lipinski definition) is 2. The van der Waals surface area contributed by atoms with E-state index in [2.05, 4.69) is 20.7 Å². The molecule has 0 radical (unpaired) electrons. The second-order valence-electron chi connectivity index (χ2n) is 5.27. The van der Waals surface area contributed by atoms with Crippen LogP contribution in [0.15, 0.2) is 70.0 Å². The maximum absolute atomic E-state index is 12.7. The van der Waals surface area contributed by atoms with Gasteiger partial charge in [0, 0.05) is 4.47 Å². The molecule has 1 N–H and O–H groups in total. The highest BCUT2D eigenvalue weighted by atomic mass is 79.9. The van der Waals surface area contributed by atoms with Gasteiger partial charge < -0.3 is 0 Å². The Morgan fingerprint density at radius 3 is 2.43 bits per heavy atom. The Kier molecular flexibility index (Phi) is 4.41. The number of rotatable bonds is 4. The lowest BCUT2D eigenvalue weighted by Crippen LogP contribution is -2.14. The largest absolute Gasteiger partial charge is 0.279 e. The number of hydrogen-bond donors (Lipinski definition) is 1. The van der Waals surface area contributed by atoms with Crippen molar-refractivity contribution in [1.82, 2.24) is 0 Å². The Balaban J connectivity index is 2.00. The lowest BCUT2D eigenvalue weighted by molar-refractivity contribution is 0.601. The average Bonchev–Trinajstić information content (AvgIpc) is 2.55.